The number of ether oxygens (including phenoxy) is 2. The Bertz CT molecular complexity index is 984. The van der Waals surface area contributed by atoms with Gasteiger partial charge in [0.15, 0.2) is 0 Å². The van der Waals surface area contributed by atoms with Gasteiger partial charge in [0, 0.05) is 13.1 Å². The van der Waals surface area contributed by atoms with E-state index in [0.717, 1.165) is 24.8 Å². The summed E-state index contributed by atoms with van der Waals surface area (Å²) in [4.78, 5) is 44.8. The molecule has 1 aromatic carbocycles. The molecule has 8 heteroatoms. The number of fused-ring (bicyclic) bond motifs is 1. The molecule has 0 saturated carbocycles. The van der Waals surface area contributed by atoms with Crippen LogP contribution in [0.25, 0.3) is 0 Å². The molecule has 4 rings (SSSR count). The Morgan fingerprint density at radius 3 is 2.70 bits per heavy atom. The Balaban J connectivity index is 1.74. The molecule has 6 atom stereocenters. The lowest BCUT2D eigenvalue weighted by Crippen LogP contribution is -2.59. The molecule has 0 radical (unpaired) electrons. The minimum absolute atomic E-state index is 0.205. The van der Waals surface area contributed by atoms with Crippen molar-refractivity contribution in [1.29, 1.82) is 0 Å². The van der Waals surface area contributed by atoms with Gasteiger partial charge in [0.1, 0.15) is 11.6 Å². The van der Waals surface area contributed by atoms with Crippen molar-refractivity contribution in [2.24, 2.45) is 11.8 Å². The summed E-state index contributed by atoms with van der Waals surface area (Å²) in [6.45, 7) is 8.49. The minimum atomic E-state index is -1.11. The van der Waals surface area contributed by atoms with Gasteiger partial charge < -0.3 is 24.4 Å². The van der Waals surface area contributed by atoms with Crippen LogP contribution in [0.2, 0.25) is 0 Å². The van der Waals surface area contributed by atoms with Crippen LogP contribution in [0.1, 0.15) is 51.5 Å². The van der Waals surface area contributed by atoms with E-state index in [0.29, 0.717) is 32.4 Å². The third-order valence-electron chi connectivity index (χ3n) is 8.14. The van der Waals surface area contributed by atoms with Crippen LogP contribution in [0.15, 0.2) is 43.0 Å². The van der Waals surface area contributed by atoms with Crippen molar-refractivity contribution in [3.8, 4) is 0 Å². The molecule has 8 nitrogen and oxygen atoms in total. The Morgan fingerprint density at radius 1 is 1.30 bits per heavy atom. The molecule has 1 N–H and O–H groups in total. The molecule has 3 aliphatic rings. The quantitative estimate of drug-likeness (QED) is 0.248. The first-order valence-electron chi connectivity index (χ1n) is 13.6. The largest absolute Gasteiger partial charge is 0.466 e. The standard InChI is InChI=1S/C29H40N2O6/c1-4-7-11-17-30(16-5-2)27(34)25-29-15-14-22(37-29)23(28(35)36-6-3)24(29)26(33)31(25)21(19-32)18-20-12-9-8-10-13-20/h5,8-10,12-13,21-25,32H,2,4,6-7,11,14-19H2,1,3H3/t21-,22-,23+,24+,25-,29+/m1/s1. The number of carbonyl (C=O) groups excluding carboxylic acids is 3. The van der Waals surface area contributed by atoms with Gasteiger partial charge in [0.25, 0.3) is 0 Å². The highest BCUT2D eigenvalue weighted by atomic mass is 16.6. The number of rotatable bonds is 13. The second kappa shape index (κ2) is 11.8. The molecular formula is C29H40N2O6. The van der Waals surface area contributed by atoms with Crippen molar-refractivity contribution in [2.75, 3.05) is 26.3 Å². The minimum Gasteiger partial charge on any atom is -0.466 e. The van der Waals surface area contributed by atoms with Crippen LogP contribution in [0.4, 0.5) is 0 Å². The predicted octanol–water partition coefficient (Wildman–Crippen LogP) is 2.73. The number of nitrogens with zero attached hydrogens (tertiary/aromatic N) is 2. The number of amides is 2. The van der Waals surface area contributed by atoms with E-state index in [2.05, 4.69) is 13.5 Å². The van der Waals surface area contributed by atoms with Crippen molar-refractivity contribution < 1.29 is 29.0 Å². The van der Waals surface area contributed by atoms with E-state index in [9.17, 15) is 19.5 Å². The number of aliphatic hydroxyl groups excluding tert-OH is 1. The number of carbonyl (C=O) groups is 3. The van der Waals surface area contributed by atoms with Crippen molar-refractivity contribution in [3.05, 3.63) is 48.6 Å². The molecule has 3 heterocycles. The normalized spacial score (nSPS) is 28.7. The lowest BCUT2D eigenvalue weighted by atomic mass is 9.70. The SMILES string of the molecule is C=CCN(CCCCC)C(=O)[C@H]1N([C@@H](CO)Cc2ccccc2)C(=O)[C@@H]2[C@@H](C(=O)OCC)[C@H]3CC[C@]21O3. The van der Waals surface area contributed by atoms with Gasteiger partial charge in [0.2, 0.25) is 11.8 Å². The number of aliphatic hydroxyl groups is 1. The van der Waals surface area contributed by atoms with Crippen LogP contribution in [0, 0.1) is 11.8 Å². The number of hydrogen-bond donors (Lipinski definition) is 1. The first-order chi connectivity index (χ1) is 17.9. The molecule has 2 amide bonds. The third-order valence-corrected chi connectivity index (χ3v) is 8.14. The van der Waals surface area contributed by atoms with Crippen LogP contribution in [-0.4, -0.2) is 82.8 Å². The molecule has 202 valence electrons. The first-order valence-corrected chi connectivity index (χ1v) is 13.6. The summed E-state index contributed by atoms with van der Waals surface area (Å²) in [6, 6.07) is 8.06. The molecule has 1 aromatic rings. The van der Waals surface area contributed by atoms with Crippen LogP contribution in [-0.2, 0) is 30.3 Å². The summed E-state index contributed by atoms with van der Waals surface area (Å²) < 4.78 is 11.8. The van der Waals surface area contributed by atoms with Crippen molar-refractivity contribution >= 4 is 17.8 Å². The molecule has 37 heavy (non-hydrogen) atoms. The molecule has 3 fully saturated rings. The highest BCUT2D eigenvalue weighted by Crippen LogP contribution is 2.59. The average Bonchev–Trinajstić information content (AvgIpc) is 3.54. The number of unbranched alkanes of at least 4 members (excludes halogenated alkanes) is 2. The van der Waals surface area contributed by atoms with Crippen LogP contribution < -0.4 is 0 Å². The monoisotopic (exact) mass is 512 g/mol. The van der Waals surface area contributed by atoms with Gasteiger partial charge in [0.05, 0.1) is 37.2 Å². The zero-order chi connectivity index (χ0) is 26.6. The van der Waals surface area contributed by atoms with Gasteiger partial charge in [-0.3, -0.25) is 14.4 Å². The fourth-order valence-corrected chi connectivity index (χ4v) is 6.58. The fourth-order valence-electron chi connectivity index (χ4n) is 6.58. The van der Waals surface area contributed by atoms with E-state index in [-0.39, 0.29) is 25.0 Å². The van der Waals surface area contributed by atoms with Crippen molar-refractivity contribution in [3.63, 3.8) is 0 Å². The molecule has 0 aliphatic carbocycles. The molecule has 1 spiro atoms. The summed E-state index contributed by atoms with van der Waals surface area (Å²) in [7, 11) is 0. The van der Waals surface area contributed by atoms with E-state index in [4.69, 9.17) is 9.47 Å². The third kappa shape index (κ3) is 4.93. The number of hydrogen-bond acceptors (Lipinski definition) is 6. The van der Waals surface area contributed by atoms with Crippen LogP contribution in [0.5, 0.6) is 0 Å². The molecule has 0 aromatic heterocycles. The van der Waals surface area contributed by atoms with E-state index in [1.165, 1.54) is 0 Å². The lowest BCUT2D eigenvalue weighted by molar-refractivity contribution is -0.156. The Hall–Kier alpha value is -2.71. The molecule has 2 bridgehead atoms. The maximum Gasteiger partial charge on any atom is 0.312 e. The summed E-state index contributed by atoms with van der Waals surface area (Å²) >= 11 is 0. The van der Waals surface area contributed by atoms with Gasteiger partial charge in [-0.25, -0.2) is 0 Å². The summed E-state index contributed by atoms with van der Waals surface area (Å²) in [6.07, 6.45) is 5.59. The Labute approximate surface area is 219 Å². The van der Waals surface area contributed by atoms with Gasteiger partial charge in [-0.05, 0) is 38.2 Å². The zero-order valence-corrected chi connectivity index (χ0v) is 22.0. The van der Waals surface area contributed by atoms with Gasteiger partial charge in [-0.15, -0.1) is 6.58 Å². The summed E-state index contributed by atoms with van der Waals surface area (Å²) in [5, 5.41) is 10.5. The molecule has 3 saturated heterocycles. The van der Waals surface area contributed by atoms with Crippen LogP contribution in [0.3, 0.4) is 0 Å². The highest BCUT2D eigenvalue weighted by molar-refractivity contribution is 5.98. The summed E-state index contributed by atoms with van der Waals surface area (Å²) in [5.74, 6) is -2.50. The second-order valence-electron chi connectivity index (χ2n) is 10.4. The average molecular weight is 513 g/mol. The smallest absolute Gasteiger partial charge is 0.312 e. The van der Waals surface area contributed by atoms with Gasteiger partial charge >= 0.3 is 5.97 Å². The highest BCUT2D eigenvalue weighted by Gasteiger charge is 2.75. The zero-order valence-electron chi connectivity index (χ0n) is 22.0. The van der Waals surface area contributed by atoms with E-state index in [1.807, 2.05) is 30.3 Å². The maximum atomic E-state index is 14.3. The number of likely N-dealkylation sites (tertiary alicyclic amines) is 1. The Morgan fingerprint density at radius 2 is 2.05 bits per heavy atom. The van der Waals surface area contributed by atoms with Gasteiger partial charge in [-0.1, -0.05) is 56.2 Å². The van der Waals surface area contributed by atoms with Crippen LogP contribution >= 0.6 is 0 Å². The Kier molecular flexibility index (Phi) is 8.70. The predicted molar refractivity (Wildman–Crippen MR) is 138 cm³/mol. The van der Waals surface area contributed by atoms with Crippen molar-refractivity contribution in [1.82, 2.24) is 9.80 Å². The fraction of sp³-hybridized carbons (Fsp3) is 0.621. The first kappa shape index (κ1) is 27.3. The molecule has 3 aliphatic heterocycles. The molecular weight excluding hydrogens is 472 g/mol. The second-order valence-corrected chi connectivity index (χ2v) is 10.4. The summed E-state index contributed by atoms with van der Waals surface area (Å²) in [5.41, 5.74) is -0.155. The maximum absolute atomic E-state index is 14.3. The van der Waals surface area contributed by atoms with E-state index >= 15 is 0 Å². The van der Waals surface area contributed by atoms with Crippen molar-refractivity contribution in [2.45, 2.75) is 76.2 Å². The van der Waals surface area contributed by atoms with E-state index in [1.54, 1.807) is 22.8 Å². The topological polar surface area (TPSA) is 96.4 Å². The van der Waals surface area contributed by atoms with E-state index < -0.39 is 41.6 Å². The van der Waals surface area contributed by atoms with Gasteiger partial charge in [-0.2, -0.15) is 0 Å². The lowest BCUT2D eigenvalue weighted by Gasteiger charge is -2.39. The molecule has 0 unspecified atom stereocenters. The number of benzene rings is 1. The number of esters is 1.